The molecule has 12 heavy (non-hydrogen) atoms. The molecule has 0 saturated heterocycles. The normalized spacial score (nSPS) is 9.83. The van der Waals surface area contributed by atoms with E-state index in [1.54, 1.807) is 12.3 Å². The zero-order chi connectivity index (χ0) is 8.81. The van der Waals surface area contributed by atoms with Gasteiger partial charge in [-0.15, -0.1) is 0 Å². The van der Waals surface area contributed by atoms with Crippen molar-refractivity contribution in [2.45, 2.75) is 6.42 Å². The molecule has 1 heterocycles. The highest BCUT2D eigenvalue weighted by atomic mass is 35.5. The molecule has 0 spiro atoms. The zero-order valence-corrected chi connectivity index (χ0v) is 7.38. The molecule has 1 aromatic rings. The Balaban J connectivity index is 2.41. The molecule has 4 nitrogen and oxygen atoms in total. The van der Waals surface area contributed by atoms with Crippen LogP contribution in [0.4, 0.5) is 5.82 Å². The van der Waals surface area contributed by atoms with Gasteiger partial charge in [0.15, 0.2) is 0 Å². The van der Waals surface area contributed by atoms with Crippen LogP contribution in [0.3, 0.4) is 0 Å². The van der Waals surface area contributed by atoms with Crippen molar-refractivity contribution in [3.05, 3.63) is 17.5 Å². The summed E-state index contributed by atoms with van der Waals surface area (Å²) in [5.41, 5.74) is 5.32. The van der Waals surface area contributed by atoms with Gasteiger partial charge in [-0.3, -0.25) is 0 Å². The Kier molecular flexibility index (Phi) is 3.76. The number of hydrogen-bond acceptors (Lipinski definition) is 4. The first-order valence-corrected chi connectivity index (χ1v) is 4.13. The number of nitrogens with two attached hydrogens (primary N) is 1. The summed E-state index contributed by atoms with van der Waals surface area (Å²) in [6, 6.07) is 1.77. The molecule has 0 aromatic carbocycles. The van der Waals surface area contributed by atoms with E-state index in [4.69, 9.17) is 17.3 Å². The van der Waals surface area contributed by atoms with Crippen molar-refractivity contribution >= 4 is 17.4 Å². The van der Waals surface area contributed by atoms with Gasteiger partial charge in [0.05, 0.1) is 0 Å². The average molecular weight is 187 g/mol. The number of nitrogens with one attached hydrogen (secondary N) is 1. The zero-order valence-electron chi connectivity index (χ0n) is 6.63. The van der Waals surface area contributed by atoms with Crippen LogP contribution in [0.2, 0.25) is 5.28 Å². The van der Waals surface area contributed by atoms with Crippen molar-refractivity contribution in [1.29, 1.82) is 0 Å². The smallest absolute Gasteiger partial charge is 0.224 e. The summed E-state index contributed by atoms with van der Waals surface area (Å²) in [4.78, 5) is 7.71. The third-order valence-corrected chi connectivity index (χ3v) is 1.50. The maximum Gasteiger partial charge on any atom is 0.224 e. The van der Waals surface area contributed by atoms with Crippen LogP contribution in [0.1, 0.15) is 6.42 Å². The van der Waals surface area contributed by atoms with Crippen molar-refractivity contribution in [3.63, 3.8) is 0 Å². The molecule has 0 aliphatic carbocycles. The van der Waals surface area contributed by atoms with E-state index in [9.17, 15) is 0 Å². The number of aromatic nitrogens is 2. The SMILES string of the molecule is NCCCNc1ccnc(Cl)n1. The number of anilines is 1. The topological polar surface area (TPSA) is 63.8 Å². The second kappa shape index (κ2) is 4.90. The lowest BCUT2D eigenvalue weighted by Gasteiger charge is -2.02. The molecule has 3 N–H and O–H groups in total. The molecule has 0 aliphatic heterocycles. The van der Waals surface area contributed by atoms with Gasteiger partial charge >= 0.3 is 0 Å². The standard InChI is InChI=1S/C7H11ClN4/c8-7-11-5-2-6(12-7)10-4-1-3-9/h2,5H,1,3-4,9H2,(H,10,11,12). The third kappa shape index (κ3) is 3.02. The Morgan fingerprint density at radius 2 is 2.42 bits per heavy atom. The minimum Gasteiger partial charge on any atom is -0.370 e. The second-order valence-electron chi connectivity index (χ2n) is 2.28. The first kappa shape index (κ1) is 9.22. The van der Waals surface area contributed by atoms with E-state index in [0.29, 0.717) is 6.54 Å². The highest BCUT2D eigenvalue weighted by Crippen LogP contribution is 2.04. The highest BCUT2D eigenvalue weighted by Gasteiger charge is 1.93. The van der Waals surface area contributed by atoms with Gasteiger partial charge in [-0.25, -0.2) is 9.97 Å². The van der Waals surface area contributed by atoms with E-state index in [-0.39, 0.29) is 5.28 Å². The van der Waals surface area contributed by atoms with Crippen molar-refractivity contribution < 1.29 is 0 Å². The summed E-state index contributed by atoms with van der Waals surface area (Å²) in [5, 5.41) is 3.33. The van der Waals surface area contributed by atoms with Gasteiger partial charge < -0.3 is 11.1 Å². The molecule has 0 radical (unpaired) electrons. The Hall–Kier alpha value is -0.870. The molecule has 0 amide bonds. The van der Waals surface area contributed by atoms with Gasteiger partial charge in [0.2, 0.25) is 5.28 Å². The fraction of sp³-hybridized carbons (Fsp3) is 0.429. The maximum absolute atomic E-state index is 5.57. The largest absolute Gasteiger partial charge is 0.370 e. The molecule has 0 unspecified atom stereocenters. The predicted molar refractivity (Wildman–Crippen MR) is 49.2 cm³/mol. The van der Waals surface area contributed by atoms with Gasteiger partial charge in [0, 0.05) is 12.7 Å². The quantitative estimate of drug-likeness (QED) is 0.542. The molecule has 1 rings (SSSR count). The molecule has 0 fully saturated rings. The maximum atomic E-state index is 5.57. The van der Waals surface area contributed by atoms with E-state index in [2.05, 4.69) is 15.3 Å². The van der Waals surface area contributed by atoms with Crippen LogP contribution in [-0.4, -0.2) is 23.1 Å². The van der Waals surface area contributed by atoms with Crippen molar-refractivity contribution in [1.82, 2.24) is 9.97 Å². The molecule has 1 aromatic heterocycles. The lowest BCUT2D eigenvalue weighted by atomic mass is 10.4. The van der Waals surface area contributed by atoms with Crippen LogP contribution in [0.5, 0.6) is 0 Å². The first-order chi connectivity index (χ1) is 5.83. The van der Waals surface area contributed by atoms with Crippen LogP contribution in [0, 0.1) is 0 Å². The lowest BCUT2D eigenvalue weighted by Crippen LogP contribution is -2.09. The van der Waals surface area contributed by atoms with Crippen LogP contribution in [0.15, 0.2) is 12.3 Å². The van der Waals surface area contributed by atoms with Gasteiger partial charge in [-0.05, 0) is 30.6 Å². The Bertz CT molecular complexity index is 241. The highest BCUT2D eigenvalue weighted by molar-refractivity contribution is 6.28. The Morgan fingerprint density at radius 1 is 1.58 bits per heavy atom. The van der Waals surface area contributed by atoms with E-state index in [0.717, 1.165) is 18.8 Å². The van der Waals surface area contributed by atoms with E-state index < -0.39 is 0 Å². The average Bonchev–Trinajstić information content (AvgIpc) is 2.05. The van der Waals surface area contributed by atoms with Crippen molar-refractivity contribution in [3.8, 4) is 0 Å². The predicted octanol–water partition coefficient (Wildman–Crippen LogP) is 0.891. The second-order valence-corrected chi connectivity index (χ2v) is 2.62. The molecule has 66 valence electrons. The summed E-state index contributed by atoms with van der Waals surface area (Å²) in [6.45, 7) is 1.48. The van der Waals surface area contributed by atoms with E-state index >= 15 is 0 Å². The van der Waals surface area contributed by atoms with E-state index in [1.807, 2.05) is 0 Å². The number of halogens is 1. The molecular formula is C7H11ClN4. The summed E-state index contributed by atoms with van der Waals surface area (Å²) >= 11 is 5.57. The molecule has 0 bridgehead atoms. The molecule has 0 atom stereocenters. The lowest BCUT2D eigenvalue weighted by molar-refractivity contribution is 0.869. The third-order valence-electron chi connectivity index (χ3n) is 1.31. The monoisotopic (exact) mass is 186 g/mol. The fourth-order valence-corrected chi connectivity index (χ4v) is 0.899. The molecule has 0 saturated carbocycles. The van der Waals surface area contributed by atoms with E-state index in [1.165, 1.54) is 0 Å². The Labute approximate surface area is 76.2 Å². The van der Waals surface area contributed by atoms with Crippen LogP contribution in [-0.2, 0) is 0 Å². The minimum atomic E-state index is 0.257. The summed E-state index contributed by atoms with van der Waals surface area (Å²) < 4.78 is 0. The summed E-state index contributed by atoms with van der Waals surface area (Å²) in [5.74, 6) is 0.739. The Morgan fingerprint density at radius 3 is 3.08 bits per heavy atom. The number of hydrogen-bond donors (Lipinski definition) is 2. The van der Waals surface area contributed by atoms with Gasteiger partial charge in [0.25, 0.3) is 0 Å². The van der Waals surface area contributed by atoms with Crippen molar-refractivity contribution in [2.24, 2.45) is 5.73 Å². The van der Waals surface area contributed by atoms with Gasteiger partial charge in [-0.1, -0.05) is 0 Å². The van der Waals surface area contributed by atoms with Gasteiger partial charge in [0.1, 0.15) is 5.82 Å². The van der Waals surface area contributed by atoms with Crippen LogP contribution >= 0.6 is 11.6 Å². The number of rotatable bonds is 4. The molecule has 5 heteroatoms. The molecule has 0 aliphatic rings. The summed E-state index contributed by atoms with van der Waals surface area (Å²) in [7, 11) is 0. The minimum absolute atomic E-state index is 0.257. The van der Waals surface area contributed by atoms with Crippen molar-refractivity contribution in [2.75, 3.05) is 18.4 Å². The fourth-order valence-electron chi connectivity index (χ4n) is 0.752. The van der Waals surface area contributed by atoms with Gasteiger partial charge in [-0.2, -0.15) is 0 Å². The van der Waals surface area contributed by atoms with Crippen LogP contribution in [0.25, 0.3) is 0 Å². The first-order valence-electron chi connectivity index (χ1n) is 3.75. The van der Waals surface area contributed by atoms with Crippen LogP contribution < -0.4 is 11.1 Å². The molecular weight excluding hydrogens is 176 g/mol. The number of nitrogens with zero attached hydrogens (tertiary/aromatic N) is 2. The summed E-state index contributed by atoms with van der Waals surface area (Å²) in [6.07, 6.45) is 2.53.